The molecule has 0 heterocycles. The van der Waals surface area contributed by atoms with Gasteiger partial charge in [-0.15, -0.1) is 0 Å². The van der Waals surface area contributed by atoms with Gasteiger partial charge >= 0.3 is 12.0 Å². The van der Waals surface area contributed by atoms with Crippen molar-refractivity contribution < 1.29 is 19.5 Å². The summed E-state index contributed by atoms with van der Waals surface area (Å²) in [7, 11) is 0. The molecular weight excluding hydrogens is 226 g/mol. The lowest BCUT2D eigenvalue weighted by Crippen LogP contribution is -2.46. The van der Waals surface area contributed by atoms with E-state index in [1.165, 1.54) is 4.90 Å². The van der Waals surface area contributed by atoms with Crippen molar-refractivity contribution in [1.82, 2.24) is 10.2 Å². The number of hydrogen-bond acceptors (Lipinski definition) is 3. The minimum absolute atomic E-state index is 0.00627. The second-order valence-electron chi connectivity index (χ2n) is 3.91. The molecule has 0 aliphatic rings. The Hall–Kier alpha value is -1.79. The van der Waals surface area contributed by atoms with E-state index in [-0.39, 0.29) is 19.0 Å². The number of aliphatic carboxylic acids is 1. The number of amides is 3. The average Bonchev–Trinajstić information content (AvgIpc) is 2.20. The highest BCUT2D eigenvalue weighted by atomic mass is 16.4. The molecule has 3 amide bonds. The molecule has 0 aliphatic heterocycles. The fourth-order valence-corrected chi connectivity index (χ4v) is 1.26. The topological polar surface area (TPSA) is 113 Å². The molecule has 0 spiro atoms. The van der Waals surface area contributed by atoms with Crippen LogP contribution in [0, 0.1) is 0 Å². The van der Waals surface area contributed by atoms with Crippen molar-refractivity contribution in [3.8, 4) is 0 Å². The van der Waals surface area contributed by atoms with Crippen LogP contribution in [0.15, 0.2) is 0 Å². The van der Waals surface area contributed by atoms with Crippen molar-refractivity contribution in [2.45, 2.75) is 32.7 Å². The molecular formula is C10H19N3O4. The van der Waals surface area contributed by atoms with Crippen molar-refractivity contribution in [3.05, 3.63) is 0 Å². The second-order valence-corrected chi connectivity index (χ2v) is 3.91. The van der Waals surface area contributed by atoms with Crippen LogP contribution in [0.3, 0.4) is 0 Å². The van der Waals surface area contributed by atoms with Crippen molar-refractivity contribution in [1.29, 1.82) is 0 Å². The standard InChI is InChI=1S/C10H19N3O4/c1-7(2)13(5-3-4-9(15)16)10(17)12-6-8(11)14/h7H,3-6H2,1-2H3,(H2,11,14)(H,12,17)(H,15,16). The molecule has 0 aliphatic carbocycles. The lowest BCUT2D eigenvalue weighted by atomic mass is 10.2. The first-order valence-electron chi connectivity index (χ1n) is 5.39. The maximum atomic E-state index is 11.6. The molecule has 0 radical (unpaired) electrons. The molecule has 0 rings (SSSR count). The number of primary amides is 1. The fourth-order valence-electron chi connectivity index (χ4n) is 1.26. The van der Waals surface area contributed by atoms with Gasteiger partial charge in [-0.3, -0.25) is 9.59 Å². The number of carboxylic acids is 1. The van der Waals surface area contributed by atoms with Gasteiger partial charge in [-0.2, -0.15) is 0 Å². The number of nitrogens with one attached hydrogen (secondary N) is 1. The van der Waals surface area contributed by atoms with E-state index < -0.39 is 17.9 Å². The lowest BCUT2D eigenvalue weighted by Gasteiger charge is -2.26. The van der Waals surface area contributed by atoms with Crippen molar-refractivity contribution in [3.63, 3.8) is 0 Å². The molecule has 0 unspecified atom stereocenters. The minimum atomic E-state index is -0.897. The normalized spacial score (nSPS) is 10.1. The molecule has 0 fully saturated rings. The highest BCUT2D eigenvalue weighted by molar-refractivity contribution is 5.82. The van der Waals surface area contributed by atoms with Crippen LogP contribution in [0.4, 0.5) is 4.79 Å². The molecule has 7 nitrogen and oxygen atoms in total. The Labute approximate surface area is 100.0 Å². The van der Waals surface area contributed by atoms with Gasteiger partial charge in [0.25, 0.3) is 0 Å². The molecule has 0 aromatic heterocycles. The summed E-state index contributed by atoms with van der Waals surface area (Å²) in [5.41, 5.74) is 4.91. The van der Waals surface area contributed by atoms with Gasteiger partial charge in [0, 0.05) is 19.0 Å². The third-order valence-electron chi connectivity index (χ3n) is 2.09. The molecule has 17 heavy (non-hydrogen) atoms. The smallest absolute Gasteiger partial charge is 0.318 e. The van der Waals surface area contributed by atoms with Crippen LogP contribution < -0.4 is 11.1 Å². The van der Waals surface area contributed by atoms with E-state index in [4.69, 9.17) is 10.8 Å². The van der Waals surface area contributed by atoms with E-state index in [0.29, 0.717) is 13.0 Å². The quantitative estimate of drug-likeness (QED) is 0.574. The zero-order valence-corrected chi connectivity index (χ0v) is 10.1. The third-order valence-corrected chi connectivity index (χ3v) is 2.09. The number of carbonyl (C=O) groups excluding carboxylic acids is 2. The molecule has 98 valence electrons. The molecule has 0 saturated heterocycles. The second kappa shape index (κ2) is 7.48. The predicted octanol–water partition coefficient (Wildman–Crippen LogP) is -0.243. The highest BCUT2D eigenvalue weighted by Crippen LogP contribution is 2.02. The largest absolute Gasteiger partial charge is 0.481 e. The zero-order valence-electron chi connectivity index (χ0n) is 10.1. The Bertz CT molecular complexity index is 291. The highest BCUT2D eigenvalue weighted by Gasteiger charge is 2.16. The number of carbonyl (C=O) groups is 3. The molecule has 0 bridgehead atoms. The van der Waals surface area contributed by atoms with Gasteiger partial charge in [0.05, 0.1) is 6.54 Å². The maximum absolute atomic E-state index is 11.6. The van der Waals surface area contributed by atoms with Crippen LogP contribution >= 0.6 is 0 Å². The Balaban J connectivity index is 4.17. The first kappa shape index (κ1) is 15.2. The Morgan fingerprint density at radius 1 is 1.35 bits per heavy atom. The van der Waals surface area contributed by atoms with Gasteiger partial charge < -0.3 is 21.1 Å². The van der Waals surface area contributed by atoms with Crippen LogP contribution in [0.5, 0.6) is 0 Å². The van der Waals surface area contributed by atoms with Gasteiger partial charge in [-0.25, -0.2) is 4.79 Å². The predicted molar refractivity (Wildman–Crippen MR) is 61.3 cm³/mol. The monoisotopic (exact) mass is 245 g/mol. The maximum Gasteiger partial charge on any atom is 0.318 e. The summed E-state index contributed by atoms with van der Waals surface area (Å²) in [6.45, 7) is 3.73. The van der Waals surface area contributed by atoms with Gasteiger partial charge in [0.1, 0.15) is 0 Å². The van der Waals surface area contributed by atoms with E-state index in [1.54, 1.807) is 0 Å². The summed E-state index contributed by atoms with van der Waals surface area (Å²) in [5.74, 6) is -1.51. The van der Waals surface area contributed by atoms with Gasteiger partial charge in [-0.1, -0.05) is 0 Å². The van der Waals surface area contributed by atoms with Crippen LogP contribution in [-0.2, 0) is 9.59 Å². The molecule has 7 heteroatoms. The van der Waals surface area contributed by atoms with Crippen molar-refractivity contribution in [2.24, 2.45) is 5.73 Å². The number of urea groups is 1. The zero-order chi connectivity index (χ0) is 13.4. The van der Waals surface area contributed by atoms with E-state index in [9.17, 15) is 14.4 Å². The van der Waals surface area contributed by atoms with Crippen molar-refractivity contribution in [2.75, 3.05) is 13.1 Å². The third kappa shape index (κ3) is 7.15. The Kier molecular flexibility index (Phi) is 6.69. The molecule has 4 N–H and O–H groups in total. The SMILES string of the molecule is CC(C)N(CCCC(=O)O)C(=O)NCC(N)=O. The summed E-state index contributed by atoms with van der Waals surface area (Å²) in [5, 5.41) is 10.9. The van der Waals surface area contributed by atoms with E-state index in [0.717, 1.165) is 0 Å². The minimum Gasteiger partial charge on any atom is -0.481 e. The number of carboxylic acid groups (broad SMARTS) is 1. The molecule has 0 aromatic rings. The van der Waals surface area contributed by atoms with Gasteiger partial charge in [0.15, 0.2) is 0 Å². The summed E-state index contributed by atoms with van der Waals surface area (Å²) in [6, 6.07) is -0.485. The summed E-state index contributed by atoms with van der Waals surface area (Å²) < 4.78 is 0. The first-order chi connectivity index (χ1) is 7.84. The Morgan fingerprint density at radius 3 is 2.35 bits per heavy atom. The molecule has 0 atom stereocenters. The van der Waals surface area contributed by atoms with Crippen LogP contribution in [0.1, 0.15) is 26.7 Å². The Morgan fingerprint density at radius 2 is 1.94 bits per heavy atom. The van der Waals surface area contributed by atoms with Crippen molar-refractivity contribution >= 4 is 17.9 Å². The molecule has 0 saturated carbocycles. The summed E-state index contributed by atoms with van der Waals surface area (Å²) in [6.07, 6.45) is 0.379. The van der Waals surface area contributed by atoms with Crippen LogP contribution in [-0.4, -0.2) is 47.0 Å². The van der Waals surface area contributed by atoms with E-state index in [2.05, 4.69) is 5.32 Å². The average molecular weight is 245 g/mol. The van der Waals surface area contributed by atoms with E-state index in [1.807, 2.05) is 13.8 Å². The lowest BCUT2D eigenvalue weighted by molar-refractivity contribution is -0.137. The number of nitrogens with two attached hydrogens (primary N) is 1. The summed E-state index contributed by atoms with van der Waals surface area (Å²) >= 11 is 0. The van der Waals surface area contributed by atoms with E-state index >= 15 is 0 Å². The van der Waals surface area contributed by atoms with Crippen LogP contribution in [0.2, 0.25) is 0 Å². The molecule has 0 aromatic carbocycles. The number of rotatable bonds is 7. The first-order valence-corrected chi connectivity index (χ1v) is 5.39. The number of hydrogen-bond donors (Lipinski definition) is 3. The fraction of sp³-hybridized carbons (Fsp3) is 0.700. The number of nitrogens with zero attached hydrogens (tertiary/aromatic N) is 1. The summed E-state index contributed by atoms with van der Waals surface area (Å²) in [4.78, 5) is 34.0. The van der Waals surface area contributed by atoms with Gasteiger partial charge in [0.2, 0.25) is 5.91 Å². The van der Waals surface area contributed by atoms with Crippen LogP contribution in [0.25, 0.3) is 0 Å². The van der Waals surface area contributed by atoms with Gasteiger partial charge in [-0.05, 0) is 20.3 Å².